The third kappa shape index (κ3) is 2.19. The quantitative estimate of drug-likeness (QED) is 0.754. The van der Waals surface area contributed by atoms with Crippen LogP contribution in [0.15, 0.2) is 12.4 Å². The summed E-state index contributed by atoms with van der Waals surface area (Å²) in [6.45, 7) is 8.00. The normalized spacial score (nSPS) is 29.8. The van der Waals surface area contributed by atoms with Crippen LogP contribution in [0.4, 0.5) is 0 Å². The molecule has 1 aromatic heterocycles. The molecule has 0 saturated carbocycles. The molecule has 4 heteroatoms. The van der Waals surface area contributed by atoms with Crippen molar-refractivity contribution >= 4 is 0 Å². The summed E-state index contributed by atoms with van der Waals surface area (Å²) in [4.78, 5) is 13.7. The second kappa shape index (κ2) is 4.35. The average molecular weight is 232 g/mol. The van der Waals surface area contributed by atoms with Crippen LogP contribution in [0, 0.1) is 18.8 Å². The maximum atomic E-state index is 4.44. The van der Waals surface area contributed by atoms with Crippen molar-refractivity contribution in [1.29, 1.82) is 0 Å². The Labute approximate surface area is 103 Å². The third-order valence-electron chi connectivity index (χ3n) is 4.10. The number of nitrogens with zero attached hydrogens (tertiary/aromatic N) is 4. The lowest BCUT2D eigenvalue weighted by atomic mass is 10.0. The molecule has 92 valence electrons. The van der Waals surface area contributed by atoms with Crippen molar-refractivity contribution in [2.75, 3.05) is 33.2 Å². The monoisotopic (exact) mass is 232 g/mol. The van der Waals surface area contributed by atoms with Crippen molar-refractivity contribution in [2.24, 2.45) is 11.8 Å². The second-order valence-electron chi connectivity index (χ2n) is 5.52. The number of hydrogen-bond acceptors (Lipinski definition) is 4. The van der Waals surface area contributed by atoms with Crippen molar-refractivity contribution in [3.8, 4) is 0 Å². The first-order chi connectivity index (χ1) is 8.22. The summed E-state index contributed by atoms with van der Waals surface area (Å²) in [7, 11) is 2.23. The van der Waals surface area contributed by atoms with Gasteiger partial charge in [0.1, 0.15) is 0 Å². The van der Waals surface area contributed by atoms with E-state index in [2.05, 4.69) is 26.8 Å². The summed E-state index contributed by atoms with van der Waals surface area (Å²) < 4.78 is 0. The van der Waals surface area contributed by atoms with Gasteiger partial charge in [0.25, 0.3) is 0 Å². The molecule has 1 aromatic rings. The summed E-state index contributed by atoms with van der Waals surface area (Å²) in [6, 6.07) is 0. The Kier molecular flexibility index (Phi) is 2.84. The van der Waals surface area contributed by atoms with Crippen molar-refractivity contribution in [3.63, 3.8) is 0 Å². The van der Waals surface area contributed by atoms with E-state index >= 15 is 0 Å². The van der Waals surface area contributed by atoms with Crippen LogP contribution in [0.5, 0.6) is 0 Å². The molecule has 0 aromatic carbocycles. The molecular weight excluding hydrogens is 212 g/mol. The smallest absolute Gasteiger partial charge is 0.0756 e. The van der Waals surface area contributed by atoms with Gasteiger partial charge in [-0.15, -0.1) is 0 Å². The largest absolute Gasteiger partial charge is 0.306 e. The van der Waals surface area contributed by atoms with Crippen LogP contribution >= 0.6 is 0 Å². The molecule has 0 aliphatic carbocycles. The Bertz CT molecular complexity index is 392. The van der Waals surface area contributed by atoms with Crippen LogP contribution in [0.25, 0.3) is 0 Å². The summed E-state index contributed by atoms with van der Waals surface area (Å²) in [5.74, 6) is 1.74. The topological polar surface area (TPSA) is 32.3 Å². The second-order valence-corrected chi connectivity index (χ2v) is 5.52. The van der Waals surface area contributed by atoms with E-state index in [0.717, 1.165) is 29.8 Å². The molecule has 17 heavy (non-hydrogen) atoms. The zero-order valence-corrected chi connectivity index (χ0v) is 10.6. The average Bonchev–Trinajstić information content (AvgIpc) is 2.78. The molecule has 2 atom stereocenters. The van der Waals surface area contributed by atoms with E-state index in [1.807, 2.05) is 6.92 Å². The predicted molar refractivity (Wildman–Crippen MR) is 66.5 cm³/mol. The number of likely N-dealkylation sites (tertiary alicyclic amines) is 2. The molecule has 2 aliphatic heterocycles. The highest BCUT2D eigenvalue weighted by Gasteiger charge is 2.38. The molecule has 4 nitrogen and oxygen atoms in total. The maximum Gasteiger partial charge on any atom is 0.0756 e. The Morgan fingerprint density at radius 1 is 1.12 bits per heavy atom. The van der Waals surface area contributed by atoms with Gasteiger partial charge in [-0.3, -0.25) is 14.9 Å². The number of hydrogen-bond donors (Lipinski definition) is 0. The van der Waals surface area contributed by atoms with Crippen LogP contribution in [-0.2, 0) is 6.54 Å². The van der Waals surface area contributed by atoms with Gasteiger partial charge in [0.2, 0.25) is 0 Å². The van der Waals surface area contributed by atoms with Gasteiger partial charge in [-0.05, 0) is 25.8 Å². The van der Waals surface area contributed by atoms with Crippen molar-refractivity contribution in [3.05, 3.63) is 23.8 Å². The van der Waals surface area contributed by atoms with Gasteiger partial charge in [0.15, 0.2) is 0 Å². The minimum atomic E-state index is 0.872. The highest BCUT2D eigenvalue weighted by atomic mass is 15.2. The zero-order valence-electron chi connectivity index (χ0n) is 10.6. The van der Waals surface area contributed by atoms with Crippen LogP contribution in [0.3, 0.4) is 0 Å². The fourth-order valence-electron chi connectivity index (χ4n) is 3.26. The molecule has 0 bridgehead atoms. The fraction of sp³-hybridized carbons (Fsp3) is 0.692. The fourth-order valence-corrected chi connectivity index (χ4v) is 3.26. The Morgan fingerprint density at radius 3 is 2.41 bits per heavy atom. The van der Waals surface area contributed by atoms with E-state index in [1.54, 1.807) is 12.4 Å². The molecule has 2 saturated heterocycles. The van der Waals surface area contributed by atoms with Gasteiger partial charge in [-0.1, -0.05) is 0 Å². The van der Waals surface area contributed by atoms with Gasteiger partial charge in [0.05, 0.1) is 11.4 Å². The molecule has 2 aliphatic rings. The van der Waals surface area contributed by atoms with Gasteiger partial charge < -0.3 is 4.90 Å². The van der Waals surface area contributed by atoms with Crippen molar-refractivity contribution in [2.45, 2.75) is 13.5 Å². The van der Waals surface area contributed by atoms with Gasteiger partial charge >= 0.3 is 0 Å². The Hall–Kier alpha value is -1.00. The van der Waals surface area contributed by atoms with Crippen LogP contribution in [-0.4, -0.2) is 53.0 Å². The molecule has 3 heterocycles. The Morgan fingerprint density at radius 2 is 1.76 bits per heavy atom. The SMILES string of the molecule is Cc1nccnc1CN1CC2CN(C)CC2C1. The molecule has 0 amide bonds. The number of rotatable bonds is 2. The van der Waals surface area contributed by atoms with E-state index in [9.17, 15) is 0 Å². The highest BCUT2D eigenvalue weighted by molar-refractivity contribution is 5.09. The summed E-state index contributed by atoms with van der Waals surface area (Å²) in [6.07, 6.45) is 3.57. The lowest BCUT2D eigenvalue weighted by Crippen LogP contribution is -2.27. The number of fused-ring (bicyclic) bond motifs is 1. The minimum absolute atomic E-state index is 0.872. The molecular formula is C13H20N4. The maximum absolute atomic E-state index is 4.44. The third-order valence-corrected chi connectivity index (χ3v) is 4.10. The minimum Gasteiger partial charge on any atom is -0.306 e. The van der Waals surface area contributed by atoms with Crippen LogP contribution < -0.4 is 0 Å². The molecule has 3 rings (SSSR count). The van der Waals surface area contributed by atoms with E-state index in [4.69, 9.17) is 0 Å². The summed E-state index contributed by atoms with van der Waals surface area (Å²) in [5, 5.41) is 0. The van der Waals surface area contributed by atoms with E-state index in [1.165, 1.54) is 26.2 Å². The number of aryl methyl sites for hydroxylation is 1. The molecule has 0 N–H and O–H groups in total. The molecule has 2 unspecified atom stereocenters. The van der Waals surface area contributed by atoms with Crippen LogP contribution in [0.2, 0.25) is 0 Å². The highest BCUT2D eigenvalue weighted by Crippen LogP contribution is 2.30. The zero-order chi connectivity index (χ0) is 11.8. The molecule has 0 spiro atoms. The van der Waals surface area contributed by atoms with Gasteiger partial charge in [-0.2, -0.15) is 0 Å². The first-order valence-electron chi connectivity index (χ1n) is 6.40. The predicted octanol–water partition coefficient (Wildman–Crippen LogP) is 0.778. The lowest BCUT2D eigenvalue weighted by molar-refractivity contribution is 0.269. The first-order valence-corrected chi connectivity index (χ1v) is 6.40. The lowest BCUT2D eigenvalue weighted by Gasteiger charge is -2.18. The Balaban J connectivity index is 1.64. The van der Waals surface area contributed by atoms with Gasteiger partial charge in [-0.25, -0.2) is 0 Å². The molecule has 0 radical (unpaired) electrons. The standard InChI is InChI=1S/C13H20N4/c1-10-13(15-4-3-14-10)9-17-7-11-5-16(2)6-12(11)8-17/h3-4,11-12H,5-9H2,1-2H3. The van der Waals surface area contributed by atoms with Crippen molar-refractivity contribution in [1.82, 2.24) is 19.8 Å². The first kappa shape index (κ1) is 11.1. The van der Waals surface area contributed by atoms with E-state index < -0.39 is 0 Å². The van der Waals surface area contributed by atoms with Crippen LogP contribution in [0.1, 0.15) is 11.4 Å². The molecule has 2 fully saturated rings. The number of aromatic nitrogens is 2. The van der Waals surface area contributed by atoms with E-state index in [-0.39, 0.29) is 0 Å². The summed E-state index contributed by atoms with van der Waals surface area (Å²) in [5.41, 5.74) is 2.21. The summed E-state index contributed by atoms with van der Waals surface area (Å²) >= 11 is 0. The van der Waals surface area contributed by atoms with Gasteiger partial charge in [0, 0.05) is 45.1 Å². The van der Waals surface area contributed by atoms with E-state index in [0.29, 0.717) is 0 Å². The van der Waals surface area contributed by atoms with Crippen molar-refractivity contribution < 1.29 is 0 Å².